The molecule has 0 saturated carbocycles. The van der Waals surface area contributed by atoms with Crippen LogP contribution in [-0.2, 0) is 4.79 Å². The molecule has 2 N–H and O–H groups in total. The van der Waals surface area contributed by atoms with Crippen molar-refractivity contribution in [1.29, 1.82) is 0 Å². The second kappa shape index (κ2) is 6.62. The van der Waals surface area contributed by atoms with Crippen molar-refractivity contribution in [1.82, 2.24) is 15.8 Å². The fourth-order valence-electron chi connectivity index (χ4n) is 2.04. The van der Waals surface area contributed by atoms with Crippen LogP contribution in [0.4, 0.5) is 4.79 Å². The van der Waals surface area contributed by atoms with Gasteiger partial charge in [0.25, 0.3) is 17.1 Å². The Labute approximate surface area is 127 Å². The Morgan fingerprint density at radius 2 is 2.05 bits per heavy atom. The predicted octanol–water partition coefficient (Wildman–Crippen LogP) is 1.23. The Bertz CT molecular complexity index is 589. The number of benzene rings is 1. The molecule has 0 spiro atoms. The number of carbonyl (C=O) groups excluding carboxylic acids is 3. The van der Waals surface area contributed by atoms with Gasteiger partial charge in [0, 0.05) is 17.9 Å². The van der Waals surface area contributed by atoms with E-state index >= 15 is 0 Å². The van der Waals surface area contributed by atoms with Gasteiger partial charge in [0.1, 0.15) is 6.54 Å². The zero-order valence-corrected chi connectivity index (χ0v) is 12.8. The lowest BCUT2D eigenvalue weighted by atomic mass is 10.1. The molecule has 0 atom stereocenters. The number of aryl methyl sites for hydroxylation is 2. The number of hydrogen-bond acceptors (Lipinski definition) is 4. The minimum atomic E-state index is -0.413. The maximum absolute atomic E-state index is 12.0. The summed E-state index contributed by atoms with van der Waals surface area (Å²) >= 11 is 1.19. The van der Waals surface area contributed by atoms with Gasteiger partial charge in [0.2, 0.25) is 0 Å². The molecule has 6 nitrogen and oxygen atoms in total. The van der Waals surface area contributed by atoms with Gasteiger partial charge in [0.05, 0.1) is 0 Å². The van der Waals surface area contributed by atoms with E-state index in [4.69, 9.17) is 0 Å². The summed E-state index contributed by atoms with van der Waals surface area (Å²) in [5, 5.41) is -0.106. The molecule has 1 fully saturated rings. The van der Waals surface area contributed by atoms with E-state index in [1.165, 1.54) is 16.7 Å². The van der Waals surface area contributed by atoms with Crippen molar-refractivity contribution in [3.05, 3.63) is 34.9 Å². The van der Waals surface area contributed by atoms with Crippen LogP contribution in [-0.4, -0.2) is 40.8 Å². The van der Waals surface area contributed by atoms with Gasteiger partial charge in [-0.15, -0.1) is 0 Å². The van der Waals surface area contributed by atoms with Gasteiger partial charge in [-0.3, -0.25) is 25.2 Å². The monoisotopic (exact) mass is 307 g/mol. The van der Waals surface area contributed by atoms with Crippen LogP contribution in [0, 0.1) is 13.8 Å². The normalized spacial score (nSPS) is 14.2. The minimum absolute atomic E-state index is 0.0427. The SMILES string of the molecule is Cc1ccc(C(=O)NNC(=O)CN2CCSC2=O)c(C)c1. The second-order valence-corrected chi connectivity index (χ2v) is 5.90. The van der Waals surface area contributed by atoms with Crippen molar-refractivity contribution in [2.75, 3.05) is 18.8 Å². The van der Waals surface area contributed by atoms with E-state index in [0.717, 1.165) is 11.1 Å². The summed E-state index contributed by atoms with van der Waals surface area (Å²) in [4.78, 5) is 36.5. The molecule has 0 bridgehead atoms. The standard InChI is InChI=1S/C14H17N3O3S/c1-9-3-4-11(10(2)7-9)13(19)16-15-12(18)8-17-5-6-21-14(17)20/h3-4,7H,5-6,8H2,1-2H3,(H,15,18)(H,16,19). The molecule has 1 aliphatic heterocycles. The number of hydrazine groups is 1. The number of carbonyl (C=O) groups is 3. The lowest BCUT2D eigenvalue weighted by molar-refractivity contribution is -0.122. The highest BCUT2D eigenvalue weighted by Gasteiger charge is 2.23. The first-order chi connectivity index (χ1) is 9.97. The first-order valence-corrected chi connectivity index (χ1v) is 7.54. The van der Waals surface area contributed by atoms with Gasteiger partial charge < -0.3 is 4.90 Å². The lowest BCUT2D eigenvalue weighted by Crippen LogP contribution is -2.46. The van der Waals surface area contributed by atoms with E-state index in [0.29, 0.717) is 17.9 Å². The largest absolute Gasteiger partial charge is 0.323 e. The third-order valence-corrected chi connectivity index (χ3v) is 4.01. The zero-order chi connectivity index (χ0) is 15.4. The van der Waals surface area contributed by atoms with Crippen LogP contribution in [0.25, 0.3) is 0 Å². The van der Waals surface area contributed by atoms with E-state index < -0.39 is 5.91 Å². The second-order valence-electron chi connectivity index (χ2n) is 4.86. The summed E-state index contributed by atoms with van der Waals surface area (Å²) in [5.41, 5.74) is 7.11. The van der Waals surface area contributed by atoms with Crippen LogP contribution in [0.3, 0.4) is 0 Å². The lowest BCUT2D eigenvalue weighted by Gasteiger charge is -2.14. The molecule has 7 heteroatoms. The molecule has 2 rings (SSSR count). The first kappa shape index (κ1) is 15.4. The highest BCUT2D eigenvalue weighted by atomic mass is 32.2. The number of nitrogens with one attached hydrogen (secondary N) is 2. The third kappa shape index (κ3) is 3.98. The Balaban J connectivity index is 1.86. The smallest absolute Gasteiger partial charge is 0.282 e. The fourth-order valence-corrected chi connectivity index (χ4v) is 2.87. The average molecular weight is 307 g/mol. The number of nitrogens with zero attached hydrogens (tertiary/aromatic N) is 1. The summed E-state index contributed by atoms with van der Waals surface area (Å²) in [6.07, 6.45) is 0. The summed E-state index contributed by atoms with van der Waals surface area (Å²) in [7, 11) is 0. The van der Waals surface area contributed by atoms with Crippen molar-refractivity contribution in [3.8, 4) is 0 Å². The number of thioether (sulfide) groups is 1. The number of amides is 3. The molecule has 0 aliphatic carbocycles. The topological polar surface area (TPSA) is 78.5 Å². The van der Waals surface area contributed by atoms with E-state index in [1.54, 1.807) is 6.07 Å². The van der Waals surface area contributed by atoms with Gasteiger partial charge in [-0.05, 0) is 25.5 Å². The van der Waals surface area contributed by atoms with Crippen LogP contribution >= 0.6 is 11.8 Å². The molecule has 0 radical (unpaired) electrons. The van der Waals surface area contributed by atoms with Crippen molar-refractivity contribution in [2.45, 2.75) is 13.8 Å². The molecule has 112 valence electrons. The van der Waals surface area contributed by atoms with Crippen LogP contribution in [0.2, 0.25) is 0 Å². The highest BCUT2D eigenvalue weighted by molar-refractivity contribution is 8.13. The third-order valence-electron chi connectivity index (χ3n) is 3.12. The Morgan fingerprint density at radius 3 is 2.67 bits per heavy atom. The molecule has 1 heterocycles. The van der Waals surface area contributed by atoms with Gasteiger partial charge in [-0.1, -0.05) is 29.5 Å². The summed E-state index contributed by atoms with van der Waals surface area (Å²) in [6, 6.07) is 5.45. The highest BCUT2D eigenvalue weighted by Crippen LogP contribution is 2.16. The minimum Gasteiger partial charge on any atom is -0.323 e. The summed E-state index contributed by atoms with van der Waals surface area (Å²) in [5.74, 6) is -0.0898. The van der Waals surface area contributed by atoms with Crippen LogP contribution < -0.4 is 10.9 Å². The van der Waals surface area contributed by atoms with Gasteiger partial charge >= 0.3 is 0 Å². The molecule has 1 aliphatic rings. The van der Waals surface area contributed by atoms with E-state index in [-0.39, 0.29) is 17.7 Å². The number of hydrogen-bond donors (Lipinski definition) is 2. The average Bonchev–Trinajstić information content (AvgIpc) is 2.81. The molecule has 1 aromatic rings. The molecular formula is C14H17N3O3S. The maximum atomic E-state index is 12.0. The molecule has 0 unspecified atom stereocenters. The van der Waals surface area contributed by atoms with Crippen molar-refractivity contribution >= 4 is 28.8 Å². The van der Waals surface area contributed by atoms with Crippen molar-refractivity contribution < 1.29 is 14.4 Å². The molecule has 1 aromatic carbocycles. The van der Waals surface area contributed by atoms with Gasteiger partial charge in [0.15, 0.2) is 0 Å². The maximum Gasteiger partial charge on any atom is 0.282 e. The molecule has 1 saturated heterocycles. The van der Waals surface area contributed by atoms with E-state index in [1.807, 2.05) is 26.0 Å². The summed E-state index contributed by atoms with van der Waals surface area (Å²) in [6.45, 7) is 4.30. The fraction of sp³-hybridized carbons (Fsp3) is 0.357. The molecule has 0 aromatic heterocycles. The zero-order valence-electron chi connectivity index (χ0n) is 11.9. The van der Waals surface area contributed by atoms with Crippen molar-refractivity contribution in [3.63, 3.8) is 0 Å². The van der Waals surface area contributed by atoms with E-state index in [2.05, 4.69) is 10.9 Å². The predicted molar refractivity (Wildman–Crippen MR) is 81.0 cm³/mol. The Kier molecular flexibility index (Phi) is 4.85. The van der Waals surface area contributed by atoms with E-state index in [9.17, 15) is 14.4 Å². The quantitative estimate of drug-likeness (QED) is 0.823. The van der Waals surface area contributed by atoms with Crippen LogP contribution in [0.5, 0.6) is 0 Å². The number of rotatable bonds is 3. The molecule has 3 amide bonds. The van der Waals surface area contributed by atoms with Crippen LogP contribution in [0.1, 0.15) is 21.5 Å². The molecule has 21 heavy (non-hydrogen) atoms. The molecular weight excluding hydrogens is 290 g/mol. The Hall–Kier alpha value is -2.02. The van der Waals surface area contributed by atoms with Crippen molar-refractivity contribution in [2.24, 2.45) is 0 Å². The Morgan fingerprint density at radius 1 is 1.29 bits per heavy atom. The van der Waals surface area contributed by atoms with Crippen LogP contribution in [0.15, 0.2) is 18.2 Å². The van der Waals surface area contributed by atoms with Gasteiger partial charge in [-0.25, -0.2) is 0 Å². The first-order valence-electron chi connectivity index (χ1n) is 6.55. The summed E-state index contributed by atoms with van der Waals surface area (Å²) < 4.78 is 0. The van der Waals surface area contributed by atoms with Gasteiger partial charge in [-0.2, -0.15) is 0 Å².